The molecule has 13 nitrogen and oxygen atoms in total. The fraction of sp³-hybridized carbons (Fsp3) is 0.552. The molecule has 2 fully saturated rings. The van der Waals surface area contributed by atoms with Gasteiger partial charge in [0.1, 0.15) is 17.3 Å². The van der Waals surface area contributed by atoms with Crippen LogP contribution in [0.1, 0.15) is 44.8 Å². The van der Waals surface area contributed by atoms with Crippen LogP contribution in [0.4, 0.5) is 4.39 Å². The van der Waals surface area contributed by atoms with Gasteiger partial charge in [-0.25, -0.2) is 9.18 Å². The number of nitrogens with zero attached hydrogens (tertiary/aromatic N) is 2. The fourth-order valence-corrected chi connectivity index (χ4v) is 5.38. The number of aliphatic carboxylic acids is 3. The Morgan fingerprint density at radius 3 is 2.44 bits per heavy atom. The second kappa shape index (κ2) is 15.0. The standard InChI is InChI=1S/C23H29FN2O4.C6H8O7/c1-2-29-22(27)23(9-5-10-26(16-23)14-17-8-11-28-15-17)13-18-12-21(25-30-18)19-6-3-4-7-20(19)24;7-3(8)1-6(13,5(11)12)2-4(9)10/h3-4,6-7,12,17H,2,5,8-11,13-16H2,1H3;13H,1-2H2,(H,7,8)(H,9,10)(H,11,12). The summed E-state index contributed by atoms with van der Waals surface area (Å²) < 4.78 is 30.6. The lowest BCUT2D eigenvalue weighted by Crippen LogP contribution is -2.50. The van der Waals surface area contributed by atoms with E-state index in [1.165, 1.54) is 6.07 Å². The number of piperidine rings is 1. The first kappa shape index (κ1) is 33.6. The topological polar surface area (TPSA) is 197 Å². The third-order valence-corrected chi connectivity index (χ3v) is 7.41. The number of carbonyl (C=O) groups excluding carboxylic acids is 1. The zero-order valence-electron chi connectivity index (χ0n) is 23.9. The molecule has 2 aliphatic rings. The number of benzene rings is 1. The van der Waals surface area contributed by atoms with Gasteiger partial charge in [0.05, 0.1) is 31.5 Å². The smallest absolute Gasteiger partial charge is 0.336 e. The van der Waals surface area contributed by atoms with Crippen LogP contribution in [0.2, 0.25) is 0 Å². The summed E-state index contributed by atoms with van der Waals surface area (Å²) >= 11 is 0. The first-order chi connectivity index (χ1) is 20.4. The molecule has 0 aliphatic carbocycles. The Morgan fingerprint density at radius 1 is 1.16 bits per heavy atom. The second-order valence-electron chi connectivity index (χ2n) is 10.9. The van der Waals surface area contributed by atoms with Crippen molar-refractivity contribution in [2.24, 2.45) is 11.3 Å². The molecule has 4 rings (SSSR count). The number of esters is 1. The number of carboxylic acid groups (broad SMARTS) is 3. The van der Waals surface area contributed by atoms with E-state index >= 15 is 0 Å². The quantitative estimate of drug-likeness (QED) is 0.257. The van der Waals surface area contributed by atoms with Gasteiger partial charge in [-0.2, -0.15) is 0 Å². The molecule has 236 valence electrons. The van der Waals surface area contributed by atoms with Crippen LogP contribution in [0, 0.1) is 17.2 Å². The fourth-order valence-electron chi connectivity index (χ4n) is 5.38. The van der Waals surface area contributed by atoms with E-state index in [0.29, 0.717) is 42.5 Å². The number of aromatic nitrogens is 1. The van der Waals surface area contributed by atoms with Crippen LogP contribution in [0.3, 0.4) is 0 Å². The van der Waals surface area contributed by atoms with Crippen molar-refractivity contribution in [2.45, 2.75) is 51.0 Å². The average molecular weight is 609 g/mol. The Labute approximate surface area is 247 Å². The van der Waals surface area contributed by atoms with E-state index in [-0.39, 0.29) is 11.8 Å². The molecule has 43 heavy (non-hydrogen) atoms. The number of aliphatic hydroxyl groups is 1. The molecule has 0 amide bonds. The normalized spacial score (nSPS) is 20.6. The number of carboxylic acids is 3. The monoisotopic (exact) mass is 608 g/mol. The van der Waals surface area contributed by atoms with E-state index in [4.69, 9.17) is 34.4 Å². The van der Waals surface area contributed by atoms with Crippen molar-refractivity contribution < 1.29 is 58.0 Å². The van der Waals surface area contributed by atoms with Crippen LogP contribution >= 0.6 is 0 Å². The molecule has 0 saturated carbocycles. The SMILES string of the molecule is CCOC(=O)C1(Cc2cc(-c3ccccc3F)no2)CCCN(CC2CCOC2)C1.O=C(O)CC(O)(CC(=O)O)C(=O)O. The van der Waals surface area contributed by atoms with E-state index in [0.717, 1.165) is 45.6 Å². The van der Waals surface area contributed by atoms with E-state index in [1.807, 2.05) is 6.92 Å². The molecule has 2 saturated heterocycles. The van der Waals surface area contributed by atoms with Gasteiger partial charge in [-0.3, -0.25) is 14.4 Å². The molecular weight excluding hydrogens is 571 g/mol. The number of hydrogen-bond donors (Lipinski definition) is 4. The van der Waals surface area contributed by atoms with Crippen molar-refractivity contribution in [3.05, 3.63) is 41.9 Å². The van der Waals surface area contributed by atoms with Gasteiger partial charge in [0, 0.05) is 37.7 Å². The Bertz CT molecular complexity index is 1260. The zero-order valence-corrected chi connectivity index (χ0v) is 23.9. The molecule has 1 aromatic carbocycles. The highest BCUT2D eigenvalue weighted by molar-refractivity contribution is 5.88. The summed E-state index contributed by atoms with van der Waals surface area (Å²) in [5, 5.41) is 37.9. The predicted octanol–water partition coefficient (Wildman–Crippen LogP) is 2.46. The molecule has 4 N–H and O–H groups in total. The third-order valence-electron chi connectivity index (χ3n) is 7.41. The zero-order chi connectivity index (χ0) is 31.6. The van der Waals surface area contributed by atoms with E-state index < -0.39 is 41.8 Å². The summed E-state index contributed by atoms with van der Waals surface area (Å²) in [4.78, 5) is 45.9. The Hall–Kier alpha value is -3.88. The van der Waals surface area contributed by atoms with Crippen LogP contribution in [-0.4, -0.2) is 99.4 Å². The van der Waals surface area contributed by atoms with Crippen molar-refractivity contribution in [3.63, 3.8) is 0 Å². The van der Waals surface area contributed by atoms with Gasteiger partial charge in [0.2, 0.25) is 0 Å². The summed E-state index contributed by atoms with van der Waals surface area (Å²) in [7, 11) is 0. The number of hydrogen-bond acceptors (Lipinski definition) is 10. The van der Waals surface area contributed by atoms with Crippen LogP contribution in [-0.2, 0) is 35.1 Å². The van der Waals surface area contributed by atoms with Crippen molar-refractivity contribution in [3.8, 4) is 11.3 Å². The van der Waals surface area contributed by atoms with Gasteiger partial charge in [0.25, 0.3) is 0 Å². The lowest BCUT2D eigenvalue weighted by molar-refractivity contribution is -0.170. The highest BCUT2D eigenvalue weighted by Gasteiger charge is 2.45. The Kier molecular flexibility index (Phi) is 11.7. The van der Waals surface area contributed by atoms with E-state index in [1.54, 1.807) is 24.3 Å². The Morgan fingerprint density at radius 2 is 1.86 bits per heavy atom. The second-order valence-corrected chi connectivity index (χ2v) is 10.9. The van der Waals surface area contributed by atoms with Crippen LogP contribution < -0.4 is 0 Å². The molecular formula is C29H37FN2O11. The molecule has 2 unspecified atom stereocenters. The lowest BCUT2D eigenvalue weighted by atomic mass is 9.76. The summed E-state index contributed by atoms with van der Waals surface area (Å²) in [5.41, 5.74) is -2.58. The molecule has 2 aliphatic heterocycles. The van der Waals surface area contributed by atoms with Gasteiger partial charge < -0.3 is 39.3 Å². The number of carbonyl (C=O) groups is 4. The summed E-state index contributed by atoms with van der Waals surface area (Å²) in [5.74, 6) is -4.47. The number of likely N-dealkylation sites (tertiary alicyclic amines) is 1. The van der Waals surface area contributed by atoms with Gasteiger partial charge >= 0.3 is 23.9 Å². The van der Waals surface area contributed by atoms with E-state index in [9.17, 15) is 23.6 Å². The van der Waals surface area contributed by atoms with E-state index in [2.05, 4.69) is 10.1 Å². The van der Waals surface area contributed by atoms with Crippen molar-refractivity contribution in [1.29, 1.82) is 0 Å². The number of ether oxygens (including phenoxy) is 2. The predicted molar refractivity (Wildman–Crippen MR) is 146 cm³/mol. The minimum atomic E-state index is -2.74. The molecule has 2 atom stereocenters. The molecule has 2 aromatic rings. The number of rotatable bonds is 12. The van der Waals surface area contributed by atoms with Crippen LogP contribution in [0.15, 0.2) is 34.9 Å². The minimum Gasteiger partial charge on any atom is -0.481 e. The summed E-state index contributed by atoms with van der Waals surface area (Å²) in [6.45, 7) is 6.29. The molecule has 0 bridgehead atoms. The Balaban J connectivity index is 0.000000331. The first-order valence-electron chi connectivity index (χ1n) is 13.9. The third kappa shape index (κ3) is 9.30. The maximum Gasteiger partial charge on any atom is 0.336 e. The minimum absolute atomic E-state index is 0.193. The highest BCUT2D eigenvalue weighted by Crippen LogP contribution is 2.37. The van der Waals surface area contributed by atoms with Crippen molar-refractivity contribution in [1.82, 2.24) is 10.1 Å². The van der Waals surface area contributed by atoms with Crippen LogP contribution in [0.5, 0.6) is 0 Å². The van der Waals surface area contributed by atoms with Gasteiger partial charge in [-0.05, 0) is 50.8 Å². The molecule has 14 heteroatoms. The molecule has 1 aromatic heterocycles. The summed E-state index contributed by atoms with van der Waals surface area (Å²) in [6, 6.07) is 8.21. The highest BCUT2D eigenvalue weighted by atomic mass is 19.1. The maximum atomic E-state index is 14.1. The first-order valence-corrected chi connectivity index (χ1v) is 13.9. The van der Waals surface area contributed by atoms with Crippen molar-refractivity contribution in [2.75, 3.05) is 39.5 Å². The maximum absolute atomic E-state index is 14.1. The molecule has 3 heterocycles. The number of halogens is 1. The molecule has 0 spiro atoms. The molecule has 0 radical (unpaired) electrons. The van der Waals surface area contributed by atoms with Gasteiger partial charge in [0.15, 0.2) is 5.60 Å². The van der Waals surface area contributed by atoms with Crippen molar-refractivity contribution >= 4 is 23.9 Å². The lowest BCUT2D eigenvalue weighted by Gasteiger charge is -2.41. The van der Waals surface area contributed by atoms with Gasteiger partial charge in [-0.1, -0.05) is 17.3 Å². The largest absolute Gasteiger partial charge is 0.481 e. The average Bonchev–Trinajstić information content (AvgIpc) is 3.61. The van der Waals surface area contributed by atoms with Gasteiger partial charge in [-0.15, -0.1) is 0 Å². The summed E-state index contributed by atoms with van der Waals surface area (Å²) in [6.07, 6.45) is 0.825. The van der Waals surface area contributed by atoms with Crippen LogP contribution in [0.25, 0.3) is 11.3 Å².